The maximum absolute atomic E-state index is 11.4. The molecule has 0 saturated carbocycles. The summed E-state index contributed by atoms with van der Waals surface area (Å²) in [6.07, 6.45) is 3.96. The van der Waals surface area contributed by atoms with Crippen LogP contribution < -0.4 is 0 Å². The van der Waals surface area contributed by atoms with E-state index in [0.717, 1.165) is 38.8 Å². The molecule has 0 amide bonds. The highest BCUT2D eigenvalue weighted by atomic mass is 16.5. The molecule has 1 fully saturated rings. The number of piperidine rings is 1. The van der Waals surface area contributed by atoms with E-state index in [4.69, 9.17) is 9.84 Å². The Morgan fingerprint density at radius 1 is 1.44 bits per heavy atom. The number of carbonyl (C=O) groups is 1. The summed E-state index contributed by atoms with van der Waals surface area (Å²) in [4.78, 5) is 13.5. The predicted octanol–water partition coefficient (Wildman–Crippen LogP) is 1.03. The third-order valence-corrected chi connectivity index (χ3v) is 3.08. The van der Waals surface area contributed by atoms with Gasteiger partial charge in [0.05, 0.1) is 13.2 Å². The molecule has 0 aromatic carbocycles. The normalized spacial score (nSPS) is 18.6. The molecule has 16 heavy (non-hydrogen) atoms. The fraction of sp³-hybridized carbons (Fsp3) is 0.917. The molecule has 1 aliphatic heterocycles. The average molecular weight is 229 g/mol. The summed E-state index contributed by atoms with van der Waals surface area (Å²) >= 11 is 0. The van der Waals surface area contributed by atoms with Gasteiger partial charge in [-0.2, -0.15) is 0 Å². The van der Waals surface area contributed by atoms with E-state index >= 15 is 0 Å². The van der Waals surface area contributed by atoms with Crippen LogP contribution in [-0.4, -0.2) is 48.8 Å². The van der Waals surface area contributed by atoms with E-state index in [9.17, 15) is 4.79 Å². The zero-order chi connectivity index (χ0) is 11.8. The van der Waals surface area contributed by atoms with Crippen LogP contribution in [0.2, 0.25) is 0 Å². The number of nitrogens with zero attached hydrogens (tertiary/aromatic N) is 1. The molecule has 0 aromatic rings. The van der Waals surface area contributed by atoms with Crippen molar-refractivity contribution in [1.82, 2.24) is 4.90 Å². The summed E-state index contributed by atoms with van der Waals surface area (Å²) in [6.45, 7) is 5.09. The summed E-state index contributed by atoms with van der Waals surface area (Å²) < 4.78 is 5.11. The molecule has 0 spiro atoms. The van der Waals surface area contributed by atoms with Crippen LogP contribution in [0, 0.1) is 5.92 Å². The maximum Gasteiger partial charge on any atom is 0.320 e. The van der Waals surface area contributed by atoms with Crippen LogP contribution in [0.25, 0.3) is 0 Å². The van der Waals surface area contributed by atoms with Crippen LogP contribution in [0.1, 0.15) is 32.6 Å². The summed E-state index contributed by atoms with van der Waals surface area (Å²) in [5, 5.41) is 8.99. The number of likely N-dealkylation sites (tertiary alicyclic amines) is 1. The highest BCUT2D eigenvalue weighted by Gasteiger charge is 2.20. The Labute approximate surface area is 97.6 Å². The first kappa shape index (κ1) is 13.5. The number of aliphatic hydroxyl groups excluding tert-OH is 1. The van der Waals surface area contributed by atoms with Gasteiger partial charge >= 0.3 is 5.97 Å². The second-order valence-electron chi connectivity index (χ2n) is 4.48. The van der Waals surface area contributed by atoms with Crippen molar-refractivity contribution >= 4 is 5.97 Å². The minimum absolute atomic E-state index is 0.115. The van der Waals surface area contributed by atoms with Crippen LogP contribution in [0.3, 0.4) is 0 Å². The van der Waals surface area contributed by atoms with Crippen molar-refractivity contribution in [3.63, 3.8) is 0 Å². The van der Waals surface area contributed by atoms with Crippen molar-refractivity contribution in [2.24, 2.45) is 5.92 Å². The number of rotatable bonds is 6. The molecule has 0 aliphatic carbocycles. The van der Waals surface area contributed by atoms with Crippen molar-refractivity contribution in [1.29, 1.82) is 0 Å². The molecular weight excluding hydrogens is 206 g/mol. The summed E-state index contributed by atoms with van der Waals surface area (Å²) in [7, 11) is 0. The Kier molecular flexibility index (Phi) is 6.42. The van der Waals surface area contributed by atoms with Crippen LogP contribution in [-0.2, 0) is 9.53 Å². The first-order valence-electron chi connectivity index (χ1n) is 6.25. The molecule has 4 nitrogen and oxygen atoms in total. The van der Waals surface area contributed by atoms with E-state index in [-0.39, 0.29) is 12.6 Å². The molecule has 1 rings (SSSR count). The molecule has 0 bridgehead atoms. The lowest BCUT2D eigenvalue weighted by Crippen LogP contribution is -2.38. The number of esters is 1. The summed E-state index contributed by atoms with van der Waals surface area (Å²) in [6, 6.07) is 0. The van der Waals surface area contributed by atoms with Gasteiger partial charge in [0.1, 0.15) is 0 Å². The number of ether oxygens (including phenoxy) is 1. The van der Waals surface area contributed by atoms with E-state index in [1.165, 1.54) is 0 Å². The van der Waals surface area contributed by atoms with Crippen molar-refractivity contribution in [3.8, 4) is 0 Å². The lowest BCUT2D eigenvalue weighted by Gasteiger charge is -2.30. The molecule has 1 heterocycles. The summed E-state index contributed by atoms with van der Waals surface area (Å²) in [5.41, 5.74) is 0. The van der Waals surface area contributed by atoms with Crippen LogP contribution >= 0.6 is 0 Å². The van der Waals surface area contributed by atoms with Crippen molar-refractivity contribution < 1.29 is 14.6 Å². The minimum Gasteiger partial charge on any atom is -0.465 e. The van der Waals surface area contributed by atoms with Gasteiger partial charge in [0.25, 0.3) is 0 Å². The predicted molar refractivity (Wildman–Crippen MR) is 62.1 cm³/mol. The van der Waals surface area contributed by atoms with Crippen molar-refractivity contribution in [2.45, 2.75) is 32.6 Å². The number of unbranched alkanes of at least 4 members (excludes halogenated alkanes) is 1. The average Bonchev–Trinajstić information content (AvgIpc) is 2.30. The minimum atomic E-state index is -0.115. The smallest absolute Gasteiger partial charge is 0.320 e. The lowest BCUT2D eigenvalue weighted by atomic mass is 9.98. The van der Waals surface area contributed by atoms with Crippen LogP contribution in [0.4, 0.5) is 0 Å². The van der Waals surface area contributed by atoms with Gasteiger partial charge < -0.3 is 9.84 Å². The fourth-order valence-corrected chi connectivity index (χ4v) is 1.89. The molecule has 1 aliphatic rings. The highest BCUT2D eigenvalue weighted by Crippen LogP contribution is 2.15. The molecule has 94 valence electrons. The zero-order valence-electron chi connectivity index (χ0n) is 10.2. The SMILES string of the molecule is CCCCOC(=O)CN1CCC(CO)CC1. The molecule has 0 atom stereocenters. The first-order valence-corrected chi connectivity index (χ1v) is 6.25. The molecule has 0 radical (unpaired) electrons. The molecule has 0 aromatic heterocycles. The van der Waals surface area contributed by atoms with E-state index in [1.807, 2.05) is 0 Å². The van der Waals surface area contributed by atoms with E-state index in [0.29, 0.717) is 19.1 Å². The van der Waals surface area contributed by atoms with Gasteiger partial charge in [-0.05, 0) is 38.3 Å². The van der Waals surface area contributed by atoms with Gasteiger partial charge in [-0.3, -0.25) is 9.69 Å². The monoisotopic (exact) mass is 229 g/mol. The maximum atomic E-state index is 11.4. The molecular formula is C12H23NO3. The number of hydrogen-bond donors (Lipinski definition) is 1. The molecule has 1 saturated heterocycles. The Balaban J connectivity index is 2.10. The van der Waals surface area contributed by atoms with E-state index < -0.39 is 0 Å². The summed E-state index contributed by atoms with van der Waals surface area (Å²) in [5.74, 6) is 0.309. The van der Waals surface area contributed by atoms with Crippen molar-refractivity contribution in [3.05, 3.63) is 0 Å². The van der Waals surface area contributed by atoms with E-state index in [2.05, 4.69) is 11.8 Å². The third-order valence-electron chi connectivity index (χ3n) is 3.08. The fourth-order valence-electron chi connectivity index (χ4n) is 1.89. The third kappa shape index (κ3) is 4.94. The Bertz CT molecular complexity index is 200. The molecule has 4 heteroatoms. The van der Waals surface area contributed by atoms with Gasteiger partial charge in [-0.15, -0.1) is 0 Å². The second kappa shape index (κ2) is 7.63. The number of carbonyl (C=O) groups excluding carboxylic acids is 1. The standard InChI is InChI=1S/C12H23NO3/c1-2-3-8-16-12(15)9-13-6-4-11(10-14)5-7-13/h11,14H,2-10H2,1H3. The number of aliphatic hydroxyl groups is 1. The quantitative estimate of drug-likeness (QED) is 0.546. The van der Waals surface area contributed by atoms with Gasteiger partial charge in [-0.25, -0.2) is 0 Å². The van der Waals surface area contributed by atoms with E-state index in [1.54, 1.807) is 0 Å². The second-order valence-corrected chi connectivity index (χ2v) is 4.48. The first-order chi connectivity index (χ1) is 7.76. The number of hydrogen-bond acceptors (Lipinski definition) is 4. The topological polar surface area (TPSA) is 49.8 Å². The Morgan fingerprint density at radius 3 is 2.69 bits per heavy atom. The van der Waals surface area contributed by atoms with Crippen LogP contribution in [0.15, 0.2) is 0 Å². The zero-order valence-corrected chi connectivity index (χ0v) is 10.2. The largest absolute Gasteiger partial charge is 0.465 e. The van der Waals surface area contributed by atoms with Gasteiger partial charge in [0, 0.05) is 6.61 Å². The Morgan fingerprint density at radius 2 is 2.12 bits per heavy atom. The Hall–Kier alpha value is -0.610. The van der Waals surface area contributed by atoms with Gasteiger partial charge in [-0.1, -0.05) is 13.3 Å². The van der Waals surface area contributed by atoms with Gasteiger partial charge in [0.2, 0.25) is 0 Å². The van der Waals surface area contributed by atoms with Crippen molar-refractivity contribution in [2.75, 3.05) is 32.8 Å². The highest BCUT2D eigenvalue weighted by molar-refractivity contribution is 5.71. The van der Waals surface area contributed by atoms with Crippen LogP contribution in [0.5, 0.6) is 0 Å². The molecule has 0 unspecified atom stereocenters. The molecule has 1 N–H and O–H groups in total. The van der Waals surface area contributed by atoms with Gasteiger partial charge in [0.15, 0.2) is 0 Å². The lowest BCUT2D eigenvalue weighted by molar-refractivity contribution is -0.145.